The van der Waals surface area contributed by atoms with E-state index in [9.17, 15) is 15.0 Å². The van der Waals surface area contributed by atoms with E-state index in [2.05, 4.69) is 23.3 Å². The molecule has 2 aromatic carbocycles. The number of hydrogen-bond acceptors (Lipinski definition) is 4. The monoisotopic (exact) mass is 446 g/mol. The van der Waals surface area contributed by atoms with Crippen LogP contribution in [0.1, 0.15) is 44.2 Å². The average Bonchev–Trinajstić information content (AvgIpc) is 3.50. The molecule has 0 bridgehead atoms. The number of aliphatic hydroxyl groups excluding tert-OH is 1. The summed E-state index contributed by atoms with van der Waals surface area (Å²) >= 11 is 0. The number of imidazole rings is 1. The van der Waals surface area contributed by atoms with E-state index in [1.54, 1.807) is 4.68 Å². The number of fused-ring (bicyclic) bond motifs is 1. The number of benzene rings is 2. The highest BCUT2D eigenvalue weighted by Crippen LogP contribution is 2.35. The fourth-order valence-electron chi connectivity index (χ4n) is 5.17. The summed E-state index contributed by atoms with van der Waals surface area (Å²) in [6.45, 7) is 4.64. The normalized spacial score (nSPS) is 14.7. The lowest BCUT2D eigenvalue weighted by atomic mass is 10.00. The van der Waals surface area contributed by atoms with E-state index in [0.29, 0.717) is 6.54 Å². The van der Waals surface area contributed by atoms with Crippen LogP contribution in [0.4, 0.5) is 0 Å². The molecule has 0 aliphatic heterocycles. The third kappa shape index (κ3) is 3.92. The first-order valence-electron chi connectivity index (χ1n) is 11.7. The van der Waals surface area contributed by atoms with Gasteiger partial charge < -0.3 is 10.2 Å². The van der Waals surface area contributed by atoms with Crippen molar-refractivity contribution < 1.29 is 10.2 Å². The van der Waals surface area contributed by atoms with Crippen molar-refractivity contribution >= 4 is 11.0 Å². The lowest BCUT2D eigenvalue weighted by Gasteiger charge is -2.11. The van der Waals surface area contributed by atoms with Crippen LogP contribution in [0.25, 0.3) is 33.4 Å². The third-order valence-corrected chi connectivity index (χ3v) is 6.68. The Labute approximate surface area is 192 Å². The van der Waals surface area contributed by atoms with Gasteiger partial charge in [-0.3, -0.25) is 13.8 Å². The first-order valence-corrected chi connectivity index (χ1v) is 11.7. The van der Waals surface area contributed by atoms with Crippen LogP contribution in [0.15, 0.2) is 53.5 Å². The van der Waals surface area contributed by atoms with Crippen LogP contribution >= 0.6 is 0 Å². The Hall–Kier alpha value is -3.16. The highest BCUT2D eigenvalue weighted by Gasteiger charge is 2.24. The van der Waals surface area contributed by atoms with Crippen LogP contribution in [-0.4, -0.2) is 35.4 Å². The molecule has 7 heteroatoms. The van der Waals surface area contributed by atoms with Crippen molar-refractivity contribution in [3.63, 3.8) is 0 Å². The maximum atomic E-state index is 13.3. The molecule has 2 heterocycles. The molecule has 172 valence electrons. The summed E-state index contributed by atoms with van der Waals surface area (Å²) in [7, 11) is 0. The Morgan fingerprint density at radius 2 is 1.85 bits per heavy atom. The highest BCUT2D eigenvalue weighted by molar-refractivity contribution is 5.87. The van der Waals surface area contributed by atoms with Gasteiger partial charge in [-0.25, -0.2) is 4.79 Å². The fourth-order valence-corrected chi connectivity index (χ4v) is 5.17. The van der Waals surface area contributed by atoms with Crippen LogP contribution in [-0.2, 0) is 13.1 Å². The van der Waals surface area contributed by atoms with E-state index in [4.69, 9.17) is 0 Å². The van der Waals surface area contributed by atoms with Gasteiger partial charge in [0.1, 0.15) is 5.69 Å². The number of aliphatic hydroxyl groups is 2. The standard InChI is InChI=1S/C26H30N4O3/c1-3-29-23-14-18(11-12-22(23)30(26(29)33)20-9-4-5-10-20)21-15-28(16-24(31)32)27-25(21)19-8-6-7-17(2)13-19/h6-8,11-15,20,24,31-32H,3-5,9-10,16H2,1-2H3. The van der Waals surface area contributed by atoms with Crippen molar-refractivity contribution in [2.75, 3.05) is 0 Å². The number of rotatable bonds is 6. The van der Waals surface area contributed by atoms with Gasteiger partial charge in [0.05, 0.1) is 17.6 Å². The van der Waals surface area contributed by atoms with Crippen LogP contribution in [0.5, 0.6) is 0 Å². The SMILES string of the molecule is CCn1c(=O)n(C2CCCC2)c2ccc(-c3cn(CC(O)O)nc3-c3cccc(C)c3)cc21. The van der Waals surface area contributed by atoms with Gasteiger partial charge in [0.2, 0.25) is 0 Å². The zero-order valence-electron chi connectivity index (χ0n) is 19.1. The third-order valence-electron chi connectivity index (χ3n) is 6.68. The lowest BCUT2D eigenvalue weighted by Crippen LogP contribution is -2.26. The van der Waals surface area contributed by atoms with Crippen molar-refractivity contribution in [1.82, 2.24) is 18.9 Å². The van der Waals surface area contributed by atoms with Gasteiger partial charge in [-0.15, -0.1) is 0 Å². The molecule has 1 aliphatic rings. The maximum Gasteiger partial charge on any atom is 0.329 e. The number of nitrogens with zero attached hydrogens (tertiary/aromatic N) is 4. The fraction of sp³-hybridized carbons (Fsp3) is 0.385. The quantitative estimate of drug-likeness (QED) is 0.437. The predicted octanol–water partition coefficient (Wildman–Crippen LogP) is 4.09. The topological polar surface area (TPSA) is 85.2 Å². The highest BCUT2D eigenvalue weighted by atomic mass is 16.5. The van der Waals surface area contributed by atoms with Gasteiger partial charge in [-0.05, 0) is 50.5 Å². The summed E-state index contributed by atoms with van der Waals surface area (Å²) in [6, 6.07) is 14.6. The predicted molar refractivity (Wildman–Crippen MR) is 129 cm³/mol. The zero-order chi connectivity index (χ0) is 23.1. The van der Waals surface area contributed by atoms with E-state index in [-0.39, 0.29) is 18.3 Å². The first-order chi connectivity index (χ1) is 16.0. The number of hydrogen-bond donors (Lipinski definition) is 2. The van der Waals surface area contributed by atoms with Crippen molar-refractivity contribution in [3.8, 4) is 22.4 Å². The Morgan fingerprint density at radius 1 is 1.06 bits per heavy atom. The van der Waals surface area contributed by atoms with E-state index >= 15 is 0 Å². The molecule has 1 aliphatic carbocycles. The smallest absolute Gasteiger partial charge is 0.329 e. The van der Waals surface area contributed by atoms with Gasteiger partial charge in [-0.2, -0.15) is 5.10 Å². The summed E-state index contributed by atoms with van der Waals surface area (Å²) in [5.74, 6) is 0. The van der Waals surface area contributed by atoms with Crippen molar-refractivity contribution in [2.45, 2.75) is 65.0 Å². The minimum Gasteiger partial charge on any atom is -0.367 e. The Bertz CT molecular complexity index is 1360. The summed E-state index contributed by atoms with van der Waals surface area (Å²) in [6.07, 6.45) is 4.81. The average molecular weight is 447 g/mol. The molecular formula is C26H30N4O3. The van der Waals surface area contributed by atoms with Crippen molar-refractivity contribution in [3.05, 3.63) is 64.7 Å². The maximum absolute atomic E-state index is 13.3. The molecule has 1 fully saturated rings. The molecule has 2 N–H and O–H groups in total. The molecule has 4 aromatic rings. The number of aromatic nitrogens is 4. The molecule has 1 saturated carbocycles. The Balaban J connectivity index is 1.69. The molecule has 0 spiro atoms. The Kier molecular flexibility index (Phi) is 5.68. The van der Waals surface area contributed by atoms with Crippen LogP contribution < -0.4 is 5.69 Å². The van der Waals surface area contributed by atoms with Gasteiger partial charge in [0.25, 0.3) is 0 Å². The van der Waals surface area contributed by atoms with Crippen LogP contribution in [0, 0.1) is 6.92 Å². The van der Waals surface area contributed by atoms with E-state index in [1.165, 1.54) is 12.8 Å². The molecule has 0 unspecified atom stereocenters. The summed E-state index contributed by atoms with van der Waals surface area (Å²) in [5, 5.41) is 23.7. The van der Waals surface area contributed by atoms with Gasteiger partial charge in [0, 0.05) is 29.9 Å². The molecule has 33 heavy (non-hydrogen) atoms. The molecule has 7 nitrogen and oxygen atoms in total. The molecule has 2 aromatic heterocycles. The van der Waals surface area contributed by atoms with E-state index in [0.717, 1.165) is 51.8 Å². The Morgan fingerprint density at radius 3 is 2.55 bits per heavy atom. The lowest BCUT2D eigenvalue weighted by molar-refractivity contribution is -0.0534. The second kappa shape index (κ2) is 8.65. The van der Waals surface area contributed by atoms with Crippen molar-refractivity contribution in [2.24, 2.45) is 0 Å². The van der Waals surface area contributed by atoms with Crippen molar-refractivity contribution in [1.29, 1.82) is 0 Å². The van der Waals surface area contributed by atoms with Crippen LogP contribution in [0.3, 0.4) is 0 Å². The first kappa shape index (κ1) is 21.7. The number of aryl methyl sites for hydroxylation is 2. The minimum atomic E-state index is -1.49. The van der Waals surface area contributed by atoms with Gasteiger partial charge in [0.15, 0.2) is 6.29 Å². The summed E-state index contributed by atoms with van der Waals surface area (Å²) < 4.78 is 5.41. The van der Waals surface area contributed by atoms with E-state index in [1.807, 2.05) is 53.4 Å². The van der Waals surface area contributed by atoms with Gasteiger partial charge >= 0.3 is 5.69 Å². The largest absolute Gasteiger partial charge is 0.367 e. The van der Waals surface area contributed by atoms with Crippen LogP contribution in [0.2, 0.25) is 0 Å². The molecular weight excluding hydrogens is 416 g/mol. The summed E-state index contributed by atoms with van der Waals surface area (Å²) in [4.78, 5) is 13.3. The minimum absolute atomic E-state index is 0.0151. The molecule has 0 radical (unpaired) electrons. The second-order valence-corrected chi connectivity index (χ2v) is 9.00. The summed E-state index contributed by atoms with van der Waals surface area (Å²) in [5.41, 5.74) is 6.68. The molecule has 0 atom stereocenters. The molecule has 5 rings (SSSR count). The molecule has 0 amide bonds. The molecule has 0 saturated heterocycles. The second-order valence-electron chi connectivity index (χ2n) is 9.00. The van der Waals surface area contributed by atoms with E-state index < -0.39 is 6.29 Å². The zero-order valence-corrected chi connectivity index (χ0v) is 19.1. The van der Waals surface area contributed by atoms with Gasteiger partial charge in [-0.1, -0.05) is 42.7 Å².